The lowest BCUT2D eigenvalue weighted by Gasteiger charge is -2.36. The molecule has 3 aromatic carbocycles. The van der Waals surface area contributed by atoms with Crippen molar-refractivity contribution in [3.8, 4) is 17.1 Å². The van der Waals surface area contributed by atoms with Gasteiger partial charge in [0.2, 0.25) is 0 Å². The molecule has 0 unspecified atom stereocenters. The molecule has 0 aliphatic carbocycles. The highest BCUT2D eigenvalue weighted by Crippen LogP contribution is 2.33. The molecule has 224 valence electrons. The van der Waals surface area contributed by atoms with Gasteiger partial charge in [-0.1, -0.05) is 59.6 Å². The van der Waals surface area contributed by atoms with Crippen LogP contribution in [0.4, 0.5) is 10.1 Å². The van der Waals surface area contributed by atoms with E-state index in [4.69, 9.17) is 28.2 Å². The molecule has 0 radical (unpaired) electrons. The molecule has 5 rings (SSSR count). The van der Waals surface area contributed by atoms with Gasteiger partial charge in [0.05, 0.1) is 21.4 Å². The van der Waals surface area contributed by atoms with Gasteiger partial charge in [-0.2, -0.15) is 0 Å². The summed E-state index contributed by atoms with van der Waals surface area (Å²) in [5.74, 6) is 0.212. The highest BCUT2D eigenvalue weighted by molar-refractivity contribution is 6.43. The molecule has 1 aliphatic heterocycles. The van der Waals surface area contributed by atoms with E-state index < -0.39 is 0 Å². The van der Waals surface area contributed by atoms with Crippen LogP contribution in [-0.2, 0) is 0 Å². The third-order valence-corrected chi connectivity index (χ3v) is 8.19. The topological polar surface area (TPSA) is 44.6 Å². The zero-order valence-electron chi connectivity index (χ0n) is 23.5. The smallest absolute Gasteiger partial charge is 0.274 e. The van der Waals surface area contributed by atoms with E-state index >= 15 is 0 Å². The molecular weight excluding hydrogens is 619 g/mol. The van der Waals surface area contributed by atoms with Crippen LogP contribution in [0.15, 0.2) is 72.8 Å². The van der Waals surface area contributed by atoms with Crippen molar-refractivity contribution in [3.63, 3.8) is 0 Å². The molecule has 4 aromatic rings. The number of carbonyl (C=O) groups excluding carboxylic acids is 1. The number of rotatable bonds is 8. The molecule has 0 bridgehead atoms. The van der Waals surface area contributed by atoms with Crippen LogP contribution < -0.4 is 4.90 Å². The standard InChI is InChI=1S/C31H32Cl2FN5O.2ClH/c1-22-29(35-30(23-8-4-3-5-9-23)39(22)25-14-12-24(34)13-15-25)31(40)36(2)16-7-17-37-18-20-38(21-19-37)27-11-6-10-26(32)28(27)33;;/h3-6,8-15H,7,16-21H2,1-2H3;2*1H. The van der Waals surface area contributed by atoms with E-state index in [1.807, 2.05) is 61.0 Å². The summed E-state index contributed by atoms with van der Waals surface area (Å²) < 4.78 is 15.6. The van der Waals surface area contributed by atoms with Gasteiger partial charge in [0, 0.05) is 51.0 Å². The first kappa shape index (κ1) is 33.7. The van der Waals surface area contributed by atoms with Gasteiger partial charge in [-0.3, -0.25) is 14.3 Å². The van der Waals surface area contributed by atoms with Gasteiger partial charge in [-0.05, 0) is 56.3 Å². The Morgan fingerprint density at radius 1 is 0.929 bits per heavy atom. The third kappa shape index (κ3) is 7.39. The largest absolute Gasteiger partial charge is 0.368 e. The second-order valence-electron chi connectivity index (χ2n) is 10.0. The Balaban J connectivity index is 0.00000242. The van der Waals surface area contributed by atoms with E-state index in [2.05, 4.69) is 9.80 Å². The van der Waals surface area contributed by atoms with Crippen LogP contribution in [0.2, 0.25) is 10.0 Å². The van der Waals surface area contributed by atoms with Crippen LogP contribution in [0.25, 0.3) is 17.1 Å². The Morgan fingerprint density at radius 3 is 2.26 bits per heavy atom. The van der Waals surface area contributed by atoms with E-state index in [1.54, 1.807) is 23.1 Å². The maximum absolute atomic E-state index is 13.6. The molecule has 0 atom stereocenters. The van der Waals surface area contributed by atoms with E-state index in [-0.39, 0.29) is 36.5 Å². The van der Waals surface area contributed by atoms with Gasteiger partial charge in [-0.15, -0.1) is 24.8 Å². The molecule has 1 aromatic heterocycles. The minimum Gasteiger partial charge on any atom is -0.368 e. The molecular formula is C31H34Cl4FN5O. The molecule has 0 spiro atoms. The summed E-state index contributed by atoms with van der Waals surface area (Å²) in [5.41, 5.74) is 3.74. The number of nitrogens with zero attached hydrogens (tertiary/aromatic N) is 5. The highest BCUT2D eigenvalue weighted by Gasteiger charge is 2.25. The third-order valence-electron chi connectivity index (χ3n) is 7.39. The predicted molar refractivity (Wildman–Crippen MR) is 175 cm³/mol. The summed E-state index contributed by atoms with van der Waals surface area (Å²) in [7, 11) is 1.82. The molecule has 1 saturated heterocycles. The van der Waals surface area contributed by atoms with Crippen molar-refractivity contribution >= 4 is 59.6 Å². The molecule has 0 N–H and O–H groups in total. The Hall–Kier alpha value is -2.81. The lowest BCUT2D eigenvalue weighted by atomic mass is 10.2. The number of aromatic nitrogens is 2. The molecule has 11 heteroatoms. The Bertz CT molecular complexity index is 1470. The maximum atomic E-state index is 13.6. The van der Waals surface area contributed by atoms with Crippen LogP contribution in [0, 0.1) is 12.7 Å². The van der Waals surface area contributed by atoms with Crippen molar-refractivity contribution in [3.05, 3.63) is 100 Å². The van der Waals surface area contributed by atoms with Crippen LogP contribution in [0.3, 0.4) is 0 Å². The molecule has 1 aliphatic rings. The average molecular weight is 653 g/mol. The lowest BCUT2D eigenvalue weighted by molar-refractivity contribution is 0.0782. The number of imidazole rings is 1. The maximum Gasteiger partial charge on any atom is 0.274 e. The predicted octanol–water partition coefficient (Wildman–Crippen LogP) is 7.42. The summed E-state index contributed by atoms with van der Waals surface area (Å²) in [5, 5.41) is 1.17. The van der Waals surface area contributed by atoms with Crippen molar-refractivity contribution in [1.29, 1.82) is 0 Å². The van der Waals surface area contributed by atoms with Gasteiger partial charge in [0.1, 0.15) is 17.3 Å². The van der Waals surface area contributed by atoms with E-state index in [0.29, 0.717) is 28.1 Å². The minimum atomic E-state index is -0.312. The van der Waals surface area contributed by atoms with Crippen molar-refractivity contribution in [2.24, 2.45) is 0 Å². The summed E-state index contributed by atoms with van der Waals surface area (Å²) in [4.78, 5) is 24.7. The van der Waals surface area contributed by atoms with E-state index in [0.717, 1.165) is 61.8 Å². The fourth-order valence-electron chi connectivity index (χ4n) is 5.15. The molecule has 42 heavy (non-hydrogen) atoms. The quantitative estimate of drug-likeness (QED) is 0.199. The number of carbonyl (C=O) groups is 1. The number of anilines is 1. The average Bonchev–Trinajstić information content (AvgIpc) is 3.32. The van der Waals surface area contributed by atoms with Crippen LogP contribution in [-0.4, -0.2) is 71.6 Å². The minimum absolute atomic E-state index is 0. The monoisotopic (exact) mass is 651 g/mol. The zero-order chi connectivity index (χ0) is 28.2. The van der Waals surface area contributed by atoms with E-state index in [1.165, 1.54) is 12.1 Å². The van der Waals surface area contributed by atoms with Crippen LogP contribution in [0.5, 0.6) is 0 Å². The second kappa shape index (κ2) is 15.1. The zero-order valence-corrected chi connectivity index (χ0v) is 26.6. The van der Waals surface area contributed by atoms with Crippen molar-refractivity contribution < 1.29 is 9.18 Å². The fourth-order valence-corrected chi connectivity index (χ4v) is 5.57. The van der Waals surface area contributed by atoms with Crippen molar-refractivity contribution in [2.45, 2.75) is 13.3 Å². The number of hydrogen-bond donors (Lipinski definition) is 0. The fraction of sp³-hybridized carbons (Fsp3) is 0.290. The second-order valence-corrected chi connectivity index (χ2v) is 10.8. The number of piperazine rings is 1. The molecule has 1 fully saturated rings. The highest BCUT2D eigenvalue weighted by atomic mass is 35.5. The normalized spacial score (nSPS) is 13.3. The molecule has 1 amide bonds. The molecule has 2 heterocycles. The number of amides is 1. The number of halogens is 5. The van der Waals surface area contributed by atoms with Gasteiger partial charge < -0.3 is 9.80 Å². The van der Waals surface area contributed by atoms with Gasteiger partial charge in [0.25, 0.3) is 5.91 Å². The molecule has 6 nitrogen and oxygen atoms in total. The summed E-state index contributed by atoms with van der Waals surface area (Å²) in [6.07, 6.45) is 0.851. The Morgan fingerprint density at radius 2 is 1.60 bits per heavy atom. The lowest BCUT2D eigenvalue weighted by Crippen LogP contribution is -2.47. The Labute approximate surface area is 268 Å². The summed E-state index contributed by atoms with van der Waals surface area (Å²) in [6.45, 7) is 6.98. The van der Waals surface area contributed by atoms with Gasteiger partial charge in [0.15, 0.2) is 0 Å². The SMILES string of the molecule is Cc1c(C(=O)N(C)CCCN2CCN(c3cccc(Cl)c3Cl)CC2)nc(-c2ccccc2)n1-c1ccc(F)cc1.Cl.Cl. The Kier molecular flexibility index (Phi) is 12.1. The first-order valence-electron chi connectivity index (χ1n) is 13.4. The van der Waals surface area contributed by atoms with Crippen molar-refractivity contribution in [2.75, 3.05) is 51.2 Å². The van der Waals surface area contributed by atoms with Crippen molar-refractivity contribution in [1.82, 2.24) is 19.4 Å². The first-order chi connectivity index (χ1) is 19.3. The number of hydrogen-bond acceptors (Lipinski definition) is 4. The summed E-state index contributed by atoms with van der Waals surface area (Å²) in [6, 6.07) is 21.7. The molecule has 0 saturated carbocycles. The van der Waals surface area contributed by atoms with Gasteiger partial charge >= 0.3 is 0 Å². The van der Waals surface area contributed by atoms with E-state index in [9.17, 15) is 9.18 Å². The van der Waals surface area contributed by atoms with Crippen LogP contribution in [0.1, 0.15) is 22.6 Å². The number of benzene rings is 3. The first-order valence-corrected chi connectivity index (χ1v) is 14.2. The van der Waals surface area contributed by atoms with Gasteiger partial charge in [-0.25, -0.2) is 9.37 Å². The summed E-state index contributed by atoms with van der Waals surface area (Å²) >= 11 is 12.6. The van der Waals surface area contributed by atoms with Crippen LogP contribution >= 0.6 is 48.0 Å².